The number of aryl methyl sites for hydroxylation is 1. The molecule has 0 amide bonds. The van der Waals surface area contributed by atoms with Gasteiger partial charge in [-0.2, -0.15) is 0 Å². The van der Waals surface area contributed by atoms with Gasteiger partial charge in [0, 0.05) is 19.2 Å². The molecule has 0 aliphatic carbocycles. The van der Waals surface area contributed by atoms with E-state index in [9.17, 15) is 4.79 Å². The number of thioether (sulfide) groups is 1. The number of aromatic nitrogens is 3. The SMILES string of the molecule is CCc1nnc(SCCOc2cccc(C(=O)O)c2)n1C. The zero-order chi connectivity index (χ0) is 15.2. The first-order chi connectivity index (χ1) is 10.1. The highest BCUT2D eigenvalue weighted by molar-refractivity contribution is 7.99. The number of carboxylic acid groups (broad SMARTS) is 1. The minimum absolute atomic E-state index is 0.223. The molecule has 1 N–H and O–H groups in total. The minimum atomic E-state index is -0.957. The lowest BCUT2D eigenvalue weighted by atomic mass is 10.2. The highest BCUT2D eigenvalue weighted by Crippen LogP contribution is 2.17. The quantitative estimate of drug-likeness (QED) is 0.624. The molecule has 7 heteroatoms. The van der Waals surface area contributed by atoms with E-state index in [1.165, 1.54) is 12.1 Å². The first-order valence-electron chi connectivity index (χ1n) is 6.59. The van der Waals surface area contributed by atoms with Crippen LogP contribution in [0.15, 0.2) is 29.4 Å². The molecule has 0 unspecified atom stereocenters. The van der Waals surface area contributed by atoms with Crippen LogP contribution in [0.2, 0.25) is 0 Å². The molecule has 0 fully saturated rings. The number of rotatable bonds is 7. The maximum absolute atomic E-state index is 10.9. The van der Waals surface area contributed by atoms with Crippen molar-refractivity contribution < 1.29 is 14.6 Å². The monoisotopic (exact) mass is 307 g/mol. The van der Waals surface area contributed by atoms with Gasteiger partial charge in [-0.3, -0.25) is 0 Å². The van der Waals surface area contributed by atoms with Crippen LogP contribution < -0.4 is 4.74 Å². The molecule has 0 atom stereocenters. The van der Waals surface area contributed by atoms with Gasteiger partial charge >= 0.3 is 5.97 Å². The average molecular weight is 307 g/mol. The van der Waals surface area contributed by atoms with Crippen LogP contribution in [0.5, 0.6) is 5.75 Å². The third-order valence-corrected chi connectivity index (χ3v) is 3.89. The Balaban J connectivity index is 1.83. The fourth-order valence-electron chi connectivity index (χ4n) is 1.79. The lowest BCUT2D eigenvalue weighted by Gasteiger charge is -2.06. The molecule has 112 valence electrons. The minimum Gasteiger partial charge on any atom is -0.493 e. The third kappa shape index (κ3) is 3.98. The second-order valence-electron chi connectivity index (χ2n) is 4.34. The summed E-state index contributed by atoms with van der Waals surface area (Å²) in [6, 6.07) is 6.47. The molecule has 1 aromatic carbocycles. The highest BCUT2D eigenvalue weighted by atomic mass is 32.2. The zero-order valence-corrected chi connectivity index (χ0v) is 12.8. The number of benzene rings is 1. The fraction of sp³-hybridized carbons (Fsp3) is 0.357. The maximum Gasteiger partial charge on any atom is 0.335 e. The van der Waals surface area contributed by atoms with Crippen molar-refractivity contribution in [3.8, 4) is 5.75 Å². The Morgan fingerprint density at radius 1 is 1.43 bits per heavy atom. The molecule has 21 heavy (non-hydrogen) atoms. The Kier molecular flexibility index (Phi) is 5.21. The van der Waals surface area contributed by atoms with Crippen LogP contribution in [-0.2, 0) is 13.5 Å². The number of hydrogen-bond donors (Lipinski definition) is 1. The van der Waals surface area contributed by atoms with Crippen LogP contribution in [0.4, 0.5) is 0 Å². The van der Waals surface area contributed by atoms with Crippen molar-refractivity contribution in [1.29, 1.82) is 0 Å². The number of aromatic carboxylic acids is 1. The molecular weight excluding hydrogens is 290 g/mol. The van der Waals surface area contributed by atoms with Crippen molar-refractivity contribution in [1.82, 2.24) is 14.8 Å². The topological polar surface area (TPSA) is 77.2 Å². The molecule has 0 saturated carbocycles. The van der Waals surface area contributed by atoms with Gasteiger partial charge in [0.1, 0.15) is 11.6 Å². The van der Waals surface area contributed by atoms with E-state index in [0.29, 0.717) is 18.1 Å². The molecule has 6 nitrogen and oxygen atoms in total. The first-order valence-corrected chi connectivity index (χ1v) is 7.57. The van der Waals surface area contributed by atoms with E-state index in [1.807, 2.05) is 18.5 Å². The number of hydrogen-bond acceptors (Lipinski definition) is 5. The van der Waals surface area contributed by atoms with E-state index in [-0.39, 0.29) is 5.56 Å². The molecule has 0 saturated heterocycles. The molecule has 0 aliphatic heterocycles. The molecule has 0 radical (unpaired) electrons. The van der Waals surface area contributed by atoms with Gasteiger partial charge in [-0.05, 0) is 18.2 Å². The summed E-state index contributed by atoms with van der Waals surface area (Å²) in [6.45, 7) is 2.51. The summed E-state index contributed by atoms with van der Waals surface area (Å²) < 4.78 is 7.52. The first kappa shape index (κ1) is 15.4. The van der Waals surface area contributed by atoms with Crippen molar-refractivity contribution in [3.05, 3.63) is 35.7 Å². The van der Waals surface area contributed by atoms with Crippen LogP contribution in [0.1, 0.15) is 23.1 Å². The molecule has 2 rings (SSSR count). The van der Waals surface area contributed by atoms with Gasteiger partial charge in [-0.15, -0.1) is 10.2 Å². The highest BCUT2D eigenvalue weighted by Gasteiger charge is 2.07. The van der Waals surface area contributed by atoms with Crippen molar-refractivity contribution in [2.75, 3.05) is 12.4 Å². The van der Waals surface area contributed by atoms with E-state index in [4.69, 9.17) is 9.84 Å². The number of nitrogens with zero attached hydrogens (tertiary/aromatic N) is 3. The maximum atomic E-state index is 10.9. The Labute approximate surface area is 127 Å². The molecule has 0 bridgehead atoms. The van der Waals surface area contributed by atoms with Crippen LogP contribution in [0.25, 0.3) is 0 Å². The summed E-state index contributed by atoms with van der Waals surface area (Å²) in [5.41, 5.74) is 0.223. The fourth-order valence-corrected chi connectivity index (χ4v) is 2.54. The van der Waals surface area contributed by atoms with Crippen molar-refractivity contribution >= 4 is 17.7 Å². The Bertz CT molecular complexity index is 628. The summed E-state index contributed by atoms with van der Waals surface area (Å²) in [5.74, 6) is 1.27. The lowest BCUT2D eigenvalue weighted by Crippen LogP contribution is -2.03. The Hall–Kier alpha value is -2.02. The average Bonchev–Trinajstić information content (AvgIpc) is 2.84. The van der Waals surface area contributed by atoms with Crippen LogP contribution in [-0.4, -0.2) is 38.2 Å². The van der Waals surface area contributed by atoms with Gasteiger partial charge in [-0.1, -0.05) is 24.8 Å². The van der Waals surface area contributed by atoms with Crippen molar-refractivity contribution in [2.45, 2.75) is 18.5 Å². The van der Waals surface area contributed by atoms with Crippen LogP contribution >= 0.6 is 11.8 Å². The van der Waals surface area contributed by atoms with Crippen molar-refractivity contribution in [3.63, 3.8) is 0 Å². The second kappa shape index (κ2) is 7.12. The molecule has 1 aromatic heterocycles. The standard InChI is InChI=1S/C14H17N3O3S/c1-3-12-15-16-14(17(12)2)21-8-7-20-11-6-4-5-10(9-11)13(18)19/h4-6,9H,3,7-8H2,1-2H3,(H,18,19). The van der Waals surface area contributed by atoms with Gasteiger partial charge in [0.2, 0.25) is 0 Å². The number of carbonyl (C=O) groups is 1. The van der Waals surface area contributed by atoms with Crippen LogP contribution in [0.3, 0.4) is 0 Å². The molecule has 2 aromatic rings. The van der Waals surface area contributed by atoms with Gasteiger partial charge < -0.3 is 14.4 Å². The Morgan fingerprint density at radius 3 is 2.90 bits per heavy atom. The molecule has 0 spiro atoms. The number of ether oxygens (including phenoxy) is 1. The smallest absolute Gasteiger partial charge is 0.335 e. The predicted molar refractivity (Wildman–Crippen MR) is 80.0 cm³/mol. The van der Waals surface area contributed by atoms with Gasteiger partial charge in [0.05, 0.1) is 12.2 Å². The van der Waals surface area contributed by atoms with Crippen molar-refractivity contribution in [2.24, 2.45) is 7.05 Å². The van der Waals surface area contributed by atoms with E-state index in [0.717, 1.165) is 17.4 Å². The van der Waals surface area contributed by atoms with E-state index >= 15 is 0 Å². The van der Waals surface area contributed by atoms with Gasteiger partial charge in [-0.25, -0.2) is 4.79 Å². The summed E-state index contributed by atoms with van der Waals surface area (Å²) in [4.78, 5) is 10.9. The van der Waals surface area contributed by atoms with Gasteiger partial charge in [0.15, 0.2) is 5.16 Å². The number of carboxylic acids is 1. The molecule has 0 aliphatic rings. The Morgan fingerprint density at radius 2 is 2.24 bits per heavy atom. The van der Waals surface area contributed by atoms with E-state index < -0.39 is 5.97 Å². The van der Waals surface area contributed by atoms with Crippen LogP contribution in [0, 0.1) is 0 Å². The predicted octanol–water partition coefficient (Wildman–Crippen LogP) is 2.25. The lowest BCUT2D eigenvalue weighted by molar-refractivity contribution is 0.0696. The van der Waals surface area contributed by atoms with Gasteiger partial charge in [0.25, 0.3) is 0 Å². The zero-order valence-electron chi connectivity index (χ0n) is 11.9. The normalized spacial score (nSPS) is 10.6. The summed E-state index contributed by atoms with van der Waals surface area (Å²) >= 11 is 1.56. The summed E-state index contributed by atoms with van der Waals surface area (Å²) in [5, 5.41) is 18.0. The molecular formula is C14H17N3O3S. The second-order valence-corrected chi connectivity index (χ2v) is 5.40. The molecule has 1 heterocycles. The third-order valence-electron chi connectivity index (χ3n) is 2.91. The summed E-state index contributed by atoms with van der Waals surface area (Å²) in [6.07, 6.45) is 0.850. The summed E-state index contributed by atoms with van der Waals surface area (Å²) in [7, 11) is 1.94. The largest absolute Gasteiger partial charge is 0.493 e. The van der Waals surface area contributed by atoms with E-state index in [2.05, 4.69) is 10.2 Å². The van der Waals surface area contributed by atoms with E-state index in [1.54, 1.807) is 23.9 Å².